The number of nitrogens with one attached hydrogen (secondary N) is 2. The average Bonchev–Trinajstić information content (AvgIpc) is 3.18. The van der Waals surface area contributed by atoms with E-state index in [2.05, 4.69) is 10.6 Å². The largest absolute Gasteiger partial charge is 0.506 e. The second-order valence-electron chi connectivity index (χ2n) is 8.61. The topological polar surface area (TPSA) is 110 Å². The maximum absolute atomic E-state index is 13.1. The van der Waals surface area contributed by atoms with Gasteiger partial charge >= 0.3 is 12.1 Å². The molecule has 2 aromatic rings. The molecule has 34 heavy (non-hydrogen) atoms. The number of carbonyl (C=O) groups is 2. The molecule has 12 heteroatoms. The summed E-state index contributed by atoms with van der Waals surface area (Å²) >= 11 is 0. The van der Waals surface area contributed by atoms with Crippen LogP contribution in [0, 0.1) is 0 Å². The summed E-state index contributed by atoms with van der Waals surface area (Å²) in [4.78, 5) is 37.7. The summed E-state index contributed by atoms with van der Waals surface area (Å²) in [5, 5.41) is 15.8. The van der Waals surface area contributed by atoms with Gasteiger partial charge in [-0.2, -0.15) is 13.2 Å². The maximum Gasteiger partial charge on any atom is 0.416 e. The molecule has 2 heterocycles. The van der Waals surface area contributed by atoms with Crippen molar-refractivity contribution in [2.45, 2.75) is 52.2 Å². The third-order valence-electron chi connectivity index (χ3n) is 4.91. The monoisotopic (exact) mass is 503 g/mol. The van der Waals surface area contributed by atoms with E-state index in [0.29, 0.717) is 16.8 Å². The van der Waals surface area contributed by atoms with Gasteiger partial charge in [0.25, 0.3) is 11.5 Å². The lowest BCUT2D eigenvalue weighted by Crippen LogP contribution is -2.38. The number of benzene rings is 1. The molecule has 0 spiro atoms. The van der Waals surface area contributed by atoms with E-state index < -0.39 is 52.6 Å². The van der Waals surface area contributed by atoms with Crippen LogP contribution in [-0.2, 0) is 35.3 Å². The molecule has 1 aliphatic heterocycles. The highest BCUT2D eigenvalue weighted by atomic mass is 35.5. The maximum atomic E-state index is 13.1. The van der Waals surface area contributed by atoms with Gasteiger partial charge < -0.3 is 25.0 Å². The second kappa shape index (κ2) is 10.1. The minimum absolute atomic E-state index is 0. The predicted octanol–water partition coefficient (Wildman–Crippen LogP) is 2.72. The van der Waals surface area contributed by atoms with Gasteiger partial charge in [-0.05, 0) is 38.5 Å². The zero-order chi connectivity index (χ0) is 24.6. The van der Waals surface area contributed by atoms with Crippen molar-refractivity contribution in [3.63, 3.8) is 0 Å². The summed E-state index contributed by atoms with van der Waals surface area (Å²) < 4.78 is 44.8. The number of esters is 1. The molecule has 0 unspecified atom stereocenters. The Morgan fingerprint density at radius 2 is 1.76 bits per heavy atom. The standard InChI is InChI=1S/C22H24F3N3O5.ClH/c1-21(2,3)33-16(29)10-27-19(31)17-18(30)14-8-26-9-15(14)28(20(17)32)11-12-4-6-13(7-5-12)22(23,24)25;/h4-7,26,30H,8-11H2,1-3H3,(H,27,31);1H. The van der Waals surface area contributed by atoms with Crippen LogP contribution in [0.3, 0.4) is 0 Å². The molecule has 0 radical (unpaired) electrons. The molecule has 0 fully saturated rings. The Morgan fingerprint density at radius 1 is 1.15 bits per heavy atom. The molecule has 3 rings (SSSR count). The van der Waals surface area contributed by atoms with Crippen LogP contribution in [0.2, 0.25) is 0 Å². The van der Waals surface area contributed by atoms with Crippen LogP contribution < -0.4 is 16.2 Å². The first-order chi connectivity index (χ1) is 15.3. The zero-order valence-electron chi connectivity index (χ0n) is 18.7. The summed E-state index contributed by atoms with van der Waals surface area (Å²) in [5.74, 6) is -2.17. The molecule has 1 aliphatic rings. The van der Waals surface area contributed by atoms with Crippen LogP contribution in [0.1, 0.15) is 53.5 Å². The molecule has 0 aliphatic carbocycles. The van der Waals surface area contributed by atoms with E-state index in [9.17, 15) is 32.7 Å². The fourth-order valence-corrected chi connectivity index (χ4v) is 3.48. The van der Waals surface area contributed by atoms with Gasteiger partial charge in [0.05, 0.1) is 12.1 Å². The van der Waals surface area contributed by atoms with Crippen molar-refractivity contribution in [3.05, 3.63) is 62.6 Å². The van der Waals surface area contributed by atoms with E-state index >= 15 is 0 Å². The molecule has 0 bridgehead atoms. The first kappa shape index (κ1) is 27.2. The zero-order valence-corrected chi connectivity index (χ0v) is 19.5. The number of carbonyl (C=O) groups excluding carboxylic acids is 2. The van der Waals surface area contributed by atoms with Crippen LogP contribution in [0.15, 0.2) is 29.1 Å². The number of nitrogens with zero attached hydrogens (tertiary/aromatic N) is 1. The van der Waals surface area contributed by atoms with Crippen LogP contribution in [0.5, 0.6) is 5.75 Å². The van der Waals surface area contributed by atoms with Crippen molar-refractivity contribution in [3.8, 4) is 5.75 Å². The van der Waals surface area contributed by atoms with Gasteiger partial charge in [-0.25, -0.2) is 0 Å². The van der Waals surface area contributed by atoms with Gasteiger partial charge in [0, 0.05) is 24.3 Å². The normalized spacial score (nSPS) is 13.1. The Bertz CT molecular complexity index is 1140. The number of fused-ring (bicyclic) bond motifs is 1. The van der Waals surface area contributed by atoms with Crippen molar-refractivity contribution in [1.82, 2.24) is 15.2 Å². The molecule has 0 saturated heterocycles. The predicted molar refractivity (Wildman–Crippen MR) is 119 cm³/mol. The van der Waals surface area contributed by atoms with E-state index in [1.54, 1.807) is 20.8 Å². The van der Waals surface area contributed by atoms with E-state index in [1.807, 2.05) is 0 Å². The molecule has 1 aromatic carbocycles. The minimum Gasteiger partial charge on any atom is -0.506 e. The van der Waals surface area contributed by atoms with Gasteiger partial charge in [0.15, 0.2) is 0 Å². The Labute approximate surface area is 199 Å². The van der Waals surface area contributed by atoms with Crippen LogP contribution in [0.4, 0.5) is 13.2 Å². The van der Waals surface area contributed by atoms with Crippen LogP contribution >= 0.6 is 12.4 Å². The summed E-state index contributed by atoms with van der Waals surface area (Å²) in [6.07, 6.45) is -4.49. The molecule has 0 atom stereocenters. The Balaban J connectivity index is 0.00000408. The van der Waals surface area contributed by atoms with E-state index in [4.69, 9.17) is 4.74 Å². The third-order valence-corrected chi connectivity index (χ3v) is 4.91. The first-order valence-electron chi connectivity index (χ1n) is 10.1. The van der Waals surface area contributed by atoms with Gasteiger partial charge in [0.1, 0.15) is 23.5 Å². The molecular formula is C22H25ClF3N3O5. The van der Waals surface area contributed by atoms with Crippen molar-refractivity contribution >= 4 is 24.3 Å². The lowest BCUT2D eigenvalue weighted by molar-refractivity contribution is -0.153. The molecule has 0 saturated carbocycles. The number of hydrogen-bond donors (Lipinski definition) is 3. The number of hydrogen-bond acceptors (Lipinski definition) is 6. The van der Waals surface area contributed by atoms with E-state index in [0.717, 1.165) is 12.1 Å². The number of alkyl halides is 3. The summed E-state index contributed by atoms with van der Waals surface area (Å²) in [7, 11) is 0. The first-order valence-corrected chi connectivity index (χ1v) is 10.1. The Hall–Kier alpha value is -3.05. The van der Waals surface area contributed by atoms with Gasteiger partial charge in [-0.1, -0.05) is 12.1 Å². The minimum atomic E-state index is -4.49. The fraction of sp³-hybridized carbons (Fsp3) is 0.409. The number of rotatable bonds is 5. The number of pyridine rings is 1. The average molecular weight is 504 g/mol. The number of ether oxygens (including phenoxy) is 1. The van der Waals surface area contributed by atoms with Crippen molar-refractivity contribution in [2.24, 2.45) is 0 Å². The SMILES string of the molecule is CC(C)(C)OC(=O)CNC(=O)c1c(O)c2c(n(Cc3ccc(C(F)(F)F)cc3)c1=O)CNC2.Cl. The van der Waals surface area contributed by atoms with Crippen molar-refractivity contribution < 1.29 is 32.6 Å². The molecule has 186 valence electrons. The lowest BCUT2D eigenvalue weighted by atomic mass is 10.1. The molecule has 8 nitrogen and oxygen atoms in total. The smallest absolute Gasteiger partial charge is 0.416 e. The number of halogens is 4. The summed E-state index contributed by atoms with van der Waals surface area (Å²) in [6, 6.07) is 4.32. The molecular weight excluding hydrogens is 479 g/mol. The Morgan fingerprint density at radius 3 is 2.32 bits per heavy atom. The van der Waals surface area contributed by atoms with Crippen molar-refractivity contribution in [1.29, 1.82) is 0 Å². The van der Waals surface area contributed by atoms with Gasteiger partial charge in [0.2, 0.25) is 0 Å². The molecule has 3 N–H and O–H groups in total. The van der Waals surface area contributed by atoms with E-state index in [-0.39, 0.29) is 32.0 Å². The highest BCUT2D eigenvalue weighted by molar-refractivity contribution is 5.98. The number of aromatic nitrogens is 1. The highest BCUT2D eigenvalue weighted by Gasteiger charge is 2.31. The van der Waals surface area contributed by atoms with Crippen molar-refractivity contribution in [2.75, 3.05) is 6.54 Å². The van der Waals surface area contributed by atoms with Crippen LogP contribution in [-0.4, -0.2) is 33.7 Å². The van der Waals surface area contributed by atoms with Crippen LogP contribution in [0.25, 0.3) is 0 Å². The molecule has 1 aromatic heterocycles. The lowest BCUT2D eigenvalue weighted by Gasteiger charge is -2.20. The van der Waals surface area contributed by atoms with E-state index in [1.165, 1.54) is 16.7 Å². The molecule has 1 amide bonds. The quantitative estimate of drug-likeness (QED) is 0.541. The number of aromatic hydroxyl groups is 1. The summed E-state index contributed by atoms with van der Waals surface area (Å²) in [5.41, 5.74) is -1.78. The van der Waals surface area contributed by atoms with Gasteiger partial charge in [-0.3, -0.25) is 14.4 Å². The Kier molecular flexibility index (Phi) is 8.05. The highest BCUT2D eigenvalue weighted by Crippen LogP contribution is 2.30. The fourth-order valence-electron chi connectivity index (χ4n) is 3.48. The second-order valence-corrected chi connectivity index (χ2v) is 8.61. The third kappa shape index (κ3) is 6.09. The summed E-state index contributed by atoms with van der Waals surface area (Å²) in [6.45, 7) is 4.79. The van der Waals surface area contributed by atoms with Gasteiger partial charge in [-0.15, -0.1) is 12.4 Å². The number of amides is 1.